The molecule has 0 fully saturated rings. The number of amides is 1. The molecule has 0 bridgehead atoms. The van der Waals surface area contributed by atoms with E-state index in [2.05, 4.69) is 0 Å². The van der Waals surface area contributed by atoms with Crippen molar-refractivity contribution in [1.29, 1.82) is 0 Å². The van der Waals surface area contributed by atoms with Crippen LogP contribution in [0.4, 0.5) is 23.2 Å². The molecule has 0 atom stereocenters. The number of carboxylic acids is 1. The fraction of sp³-hybridized carbons (Fsp3) is 0.273. The second kappa shape index (κ2) is 6.22. The monoisotopic (exact) mass is 295 g/mol. The molecule has 2 N–H and O–H groups in total. The molecule has 0 radical (unpaired) electrons. The number of aliphatic carboxylic acids is 1. The van der Waals surface area contributed by atoms with E-state index in [1.54, 1.807) is 5.32 Å². The second-order valence-corrected chi connectivity index (χ2v) is 3.58. The Morgan fingerprint density at radius 2 is 1.80 bits per heavy atom. The van der Waals surface area contributed by atoms with E-state index in [1.807, 2.05) is 0 Å². The maximum atomic E-state index is 12.7. The van der Waals surface area contributed by atoms with Crippen molar-refractivity contribution in [2.24, 2.45) is 0 Å². The number of carbonyl (C=O) groups excluding carboxylic acids is 1. The van der Waals surface area contributed by atoms with Crippen LogP contribution >= 0.6 is 0 Å². The summed E-state index contributed by atoms with van der Waals surface area (Å²) >= 11 is 0. The Bertz CT molecular complexity index is 490. The molecule has 0 aliphatic heterocycles. The standard InChI is InChI=1S/C11H9F4NO4/c12-9(13)11(14,15)10(19)16-6-1-3-7(4-2-6)20-5-8(17)18/h1-4,9H,5H2,(H,16,19)(H,17,18). The van der Waals surface area contributed by atoms with Gasteiger partial charge in [-0.1, -0.05) is 0 Å². The van der Waals surface area contributed by atoms with Gasteiger partial charge in [0.25, 0.3) is 0 Å². The van der Waals surface area contributed by atoms with Gasteiger partial charge in [0.15, 0.2) is 6.61 Å². The first-order chi connectivity index (χ1) is 9.23. The minimum atomic E-state index is -4.79. The summed E-state index contributed by atoms with van der Waals surface area (Å²) in [5.74, 6) is -8.02. The van der Waals surface area contributed by atoms with Crippen molar-refractivity contribution in [1.82, 2.24) is 0 Å². The van der Waals surface area contributed by atoms with Crippen molar-refractivity contribution < 1.29 is 37.0 Å². The summed E-state index contributed by atoms with van der Waals surface area (Å²) in [6.07, 6.45) is -4.11. The third-order valence-corrected chi connectivity index (χ3v) is 2.05. The molecule has 0 aromatic heterocycles. The highest BCUT2D eigenvalue weighted by molar-refractivity contribution is 5.96. The Balaban J connectivity index is 2.66. The summed E-state index contributed by atoms with van der Waals surface area (Å²) in [4.78, 5) is 21.1. The number of halogens is 4. The summed E-state index contributed by atoms with van der Waals surface area (Å²) in [7, 11) is 0. The normalized spacial score (nSPS) is 11.2. The van der Waals surface area contributed by atoms with Crippen LogP contribution in [0.25, 0.3) is 0 Å². The zero-order chi connectivity index (χ0) is 15.3. The highest BCUT2D eigenvalue weighted by atomic mass is 19.3. The Kier molecular flexibility index (Phi) is 4.89. The number of alkyl halides is 4. The Morgan fingerprint density at radius 1 is 1.25 bits per heavy atom. The molecule has 0 spiro atoms. The predicted octanol–water partition coefficient (Wildman–Crippen LogP) is 1.99. The molecule has 0 aliphatic rings. The van der Waals surface area contributed by atoms with Gasteiger partial charge >= 0.3 is 24.2 Å². The van der Waals surface area contributed by atoms with Crippen LogP contribution < -0.4 is 10.1 Å². The van der Waals surface area contributed by atoms with E-state index in [-0.39, 0.29) is 11.4 Å². The van der Waals surface area contributed by atoms with Crippen molar-refractivity contribution in [3.8, 4) is 5.75 Å². The van der Waals surface area contributed by atoms with Gasteiger partial charge in [0.1, 0.15) is 5.75 Å². The van der Waals surface area contributed by atoms with Crippen LogP contribution in [0.15, 0.2) is 24.3 Å². The van der Waals surface area contributed by atoms with Gasteiger partial charge in [-0.2, -0.15) is 8.78 Å². The molecule has 0 aliphatic carbocycles. The maximum Gasteiger partial charge on any atom is 0.383 e. The average molecular weight is 295 g/mol. The number of benzene rings is 1. The van der Waals surface area contributed by atoms with Crippen molar-refractivity contribution >= 4 is 17.6 Å². The molecule has 1 aromatic rings. The van der Waals surface area contributed by atoms with Crippen LogP contribution in [-0.4, -0.2) is 35.9 Å². The van der Waals surface area contributed by atoms with Gasteiger partial charge in [-0.15, -0.1) is 0 Å². The molecule has 5 nitrogen and oxygen atoms in total. The van der Waals surface area contributed by atoms with E-state index in [1.165, 1.54) is 12.1 Å². The second-order valence-electron chi connectivity index (χ2n) is 3.58. The highest BCUT2D eigenvalue weighted by Gasteiger charge is 2.48. The number of rotatable bonds is 6. The van der Waals surface area contributed by atoms with E-state index in [4.69, 9.17) is 9.84 Å². The minimum absolute atomic E-state index is 0.117. The van der Waals surface area contributed by atoms with Crippen molar-refractivity contribution in [3.63, 3.8) is 0 Å². The molecule has 1 aromatic carbocycles. The van der Waals surface area contributed by atoms with Gasteiger partial charge < -0.3 is 15.2 Å². The quantitative estimate of drug-likeness (QED) is 0.787. The lowest BCUT2D eigenvalue weighted by molar-refractivity contribution is -0.163. The van der Waals surface area contributed by atoms with Gasteiger partial charge in [0.2, 0.25) is 0 Å². The minimum Gasteiger partial charge on any atom is -0.482 e. The average Bonchev–Trinajstić information content (AvgIpc) is 2.37. The third kappa shape index (κ3) is 4.11. The van der Waals surface area contributed by atoms with Crippen LogP contribution in [0.2, 0.25) is 0 Å². The van der Waals surface area contributed by atoms with Gasteiger partial charge in [0.05, 0.1) is 0 Å². The number of carboxylic acid groups (broad SMARTS) is 1. The molecule has 0 heterocycles. The van der Waals surface area contributed by atoms with Crippen molar-refractivity contribution in [2.75, 3.05) is 11.9 Å². The lowest BCUT2D eigenvalue weighted by atomic mass is 10.2. The molecule has 0 saturated carbocycles. The van der Waals surface area contributed by atoms with E-state index >= 15 is 0 Å². The predicted molar refractivity (Wildman–Crippen MR) is 59.2 cm³/mol. The molecule has 110 valence electrons. The lowest BCUT2D eigenvalue weighted by Gasteiger charge is -2.14. The summed E-state index contributed by atoms with van der Waals surface area (Å²) in [6.45, 7) is -0.602. The van der Waals surface area contributed by atoms with Gasteiger partial charge in [-0.05, 0) is 24.3 Å². The molecular weight excluding hydrogens is 286 g/mol. The van der Waals surface area contributed by atoms with Crippen LogP contribution in [0.5, 0.6) is 5.75 Å². The number of carbonyl (C=O) groups is 2. The molecule has 9 heteroatoms. The zero-order valence-corrected chi connectivity index (χ0v) is 9.78. The fourth-order valence-corrected chi connectivity index (χ4v) is 1.09. The molecular formula is C11H9F4NO4. The van der Waals surface area contributed by atoms with E-state index in [9.17, 15) is 27.2 Å². The summed E-state index contributed by atoms with van der Waals surface area (Å²) in [5, 5.41) is 9.97. The lowest BCUT2D eigenvalue weighted by Crippen LogP contribution is -2.40. The molecule has 0 unspecified atom stereocenters. The molecule has 1 rings (SSSR count). The Hall–Kier alpha value is -2.32. The number of nitrogens with one attached hydrogen (secondary N) is 1. The first-order valence-corrected chi connectivity index (χ1v) is 5.15. The number of ether oxygens (including phenoxy) is 1. The fourth-order valence-electron chi connectivity index (χ4n) is 1.09. The number of hydrogen-bond acceptors (Lipinski definition) is 3. The summed E-state index contributed by atoms with van der Waals surface area (Å²) < 4.78 is 53.9. The van der Waals surface area contributed by atoms with Crippen molar-refractivity contribution in [3.05, 3.63) is 24.3 Å². The first kappa shape index (κ1) is 15.7. The molecule has 0 saturated heterocycles. The van der Waals surface area contributed by atoms with Gasteiger partial charge in [-0.25, -0.2) is 13.6 Å². The Labute approximate surface area is 110 Å². The van der Waals surface area contributed by atoms with Crippen LogP contribution in [-0.2, 0) is 9.59 Å². The summed E-state index contributed by atoms with van der Waals surface area (Å²) in [6, 6.07) is 4.60. The molecule has 1 amide bonds. The zero-order valence-electron chi connectivity index (χ0n) is 9.78. The van der Waals surface area contributed by atoms with Crippen LogP contribution in [0.3, 0.4) is 0 Å². The van der Waals surface area contributed by atoms with Gasteiger partial charge in [-0.3, -0.25) is 4.79 Å². The summed E-state index contributed by atoms with van der Waals surface area (Å²) in [5.41, 5.74) is -0.155. The van der Waals surface area contributed by atoms with Gasteiger partial charge in [0, 0.05) is 5.69 Å². The first-order valence-electron chi connectivity index (χ1n) is 5.15. The topological polar surface area (TPSA) is 75.6 Å². The smallest absolute Gasteiger partial charge is 0.383 e. The Morgan fingerprint density at radius 3 is 2.25 bits per heavy atom. The maximum absolute atomic E-state index is 12.7. The van der Waals surface area contributed by atoms with E-state index < -0.39 is 30.8 Å². The largest absolute Gasteiger partial charge is 0.482 e. The third-order valence-electron chi connectivity index (χ3n) is 2.05. The SMILES string of the molecule is O=C(O)COc1ccc(NC(=O)C(F)(F)C(F)F)cc1. The van der Waals surface area contributed by atoms with E-state index in [0.29, 0.717) is 0 Å². The van der Waals surface area contributed by atoms with Crippen molar-refractivity contribution in [2.45, 2.75) is 12.3 Å². The van der Waals surface area contributed by atoms with Crippen LogP contribution in [0, 0.1) is 0 Å². The highest BCUT2D eigenvalue weighted by Crippen LogP contribution is 2.25. The number of anilines is 1. The number of hydrogen-bond donors (Lipinski definition) is 2. The van der Waals surface area contributed by atoms with E-state index in [0.717, 1.165) is 12.1 Å². The molecule has 20 heavy (non-hydrogen) atoms. The van der Waals surface area contributed by atoms with Crippen LogP contribution in [0.1, 0.15) is 0 Å².